The molecular weight excluding hydrogens is 373 g/mol. The number of benzene rings is 1. The third-order valence-electron chi connectivity index (χ3n) is 4.48. The average molecular weight is 390 g/mol. The molecule has 1 aliphatic rings. The van der Waals surface area contributed by atoms with Gasteiger partial charge in [-0.15, -0.1) is 5.10 Å². The number of hydrogen-bond donors (Lipinski definition) is 3. The van der Waals surface area contributed by atoms with Crippen molar-refractivity contribution in [1.82, 2.24) is 25.2 Å². The number of pyridine rings is 1. The first-order valence-corrected chi connectivity index (χ1v) is 8.70. The van der Waals surface area contributed by atoms with E-state index >= 15 is 0 Å². The van der Waals surface area contributed by atoms with Crippen molar-refractivity contribution in [2.75, 3.05) is 11.9 Å². The highest BCUT2D eigenvalue weighted by molar-refractivity contribution is 5.83. The standard InChI is InChI=1S/C18H17F3N6O/c19-18(20,21)11-4-6-12(7-5-11)24-17-25-15-3-1-2-13(27(15)26-17)10-23-14-8-9-22-16(14)28/h1-7,14,23H,8-10H2,(H,22,28)(H,24,26)/t14-/m1/s1. The van der Waals surface area contributed by atoms with Crippen LogP contribution in [0.25, 0.3) is 5.65 Å². The molecule has 28 heavy (non-hydrogen) atoms. The van der Waals surface area contributed by atoms with Crippen molar-refractivity contribution in [3.8, 4) is 0 Å². The first-order chi connectivity index (χ1) is 13.4. The monoisotopic (exact) mass is 390 g/mol. The SMILES string of the molecule is O=C1NCC[C@H]1NCc1cccc2nc(Nc3ccc(C(F)(F)F)cc3)nn12. The third-order valence-corrected chi connectivity index (χ3v) is 4.48. The quantitative estimate of drug-likeness (QED) is 0.624. The van der Waals surface area contributed by atoms with Gasteiger partial charge in [0.25, 0.3) is 0 Å². The first kappa shape index (κ1) is 18.2. The van der Waals surface area contributed by atoms with Gasteiger partial charge in [-0.25, -0.2) is 4.52 Å². The molecule has 1 atom stereocenters. The number of fused-ring (bicyclic) bond motifs is 1. The average Bonchev–Trinajstić information content (AvgIpc) is 3.25. The number of hydrogen-bond acceptors (Lipinski definition) is 5. The molecule has 1 fully saturated rings. The predicted octanol–water partition coefficient (Wildman–Crippen LogP) is 2.47. The molecule has 1 amide bonds. The lowest BCUT2D eigenvalue weighted by atomic mass is 10.2. The molecule has 7 nitrogen and oxygen atoms in total. The zero-order valence-corrected chi connectivity index (χ0v) is 14.6. The van der Waals surface area contributed by atoms with E-state index in [1.54, 1.807) is 10.6 Å². The summed E-state index contributed by atoms with van der Waals surface area (Å²) in [5.41, 5.74) is 1.13. The Balaban J connectivity index is 1.50. The number of nitrogens with zero attached hydrogens (tertiary/aromatic N) is 3. The molecular formula is C18H17F3N6O. The van der Waals surface area contributed by atoms with Gasteiger partial charge in [0.15, 0.2) is 5.65 Å². The van der Waals surface area contributed by atoms with Crippen LogP contribution >= 0.6 is 0 Å². The van der Waals surface area contributed by atoms with Crippen LogP contribution < -0.4 is 16.0 Å². The van der Waals surface area contributed by atoms with Gasteiger partial charge in [-0.1, -0.05) is 6.07 Å². The van der Waals surface area contributed by atoms with E-state index in [0.29, 0.717) is 24.4 Å². The molecule has 0 bridgehead atoms. The van der Waals surface area contributed by atoms with E-state index in [0.717, 1.165) is 24.2 Å². The normalized spacial score (nSPS) is 17.1. The topological polar surface area (TPSA) is 83.3 Å². The van der Waals surface area contributed by atoms with Crippen LogP contribution in [0.5, 0.6) is 0 Å². The van der Waals surface area contributed by atoms with Crippen LogP contribution in [0.1, 0.15) is 17.7 Å². The lowest BCUT2D eigenvalue weighted by Gasteiger charge is -2.10. The minimum Gasteiger partial charge on any atom is -0.355 e. The van der Waals surface area contributed by atoms with Gasteiger partial charge in [-0.3, -0.25) is 4.79 Å². The second-order valence-electron chi connectivity index (χ2n) is 6.44. The molecule has 1 aliphatic heterocycles. The minimum absolute atomic E-state index is 0.0181. The van der Waals surface area contributed by atoms with Crippen LogP contribution in [-0.4, -0.2) is 33.1 Å². The van der Waals surface area contributed by atoms with Crippen LogP contribution in [0.2, 0.25) is 0 Å². The summed E-state index contributed by atoms with van der Waals surface area (Å²) >= 11 is 0. The molecule has 0 aliphatic carbocycles. The Morgan fingerprint density at radius 3 is 2.64 bits per heavy atom. The molecule has 10 heteroatoms. The summed E-state index contributed by atoms with van der Waals surface area (Å²) in [5, 5.41) is 13.2. The van der Waals surface area contributed by atoms with E-state index in [2.05, 4.69) is 26.0 Å². The fourth-order valence-corrected chi connectivity index (χ4v) is 3.03. The molecule has 3 N–H and O–H groups in total. The smallest absolute Gasteiger partial charge is 0.355 e. The van der Waals surface area contributed by atoms with Crippen molar-refractivity contribution in [1.29, 1.82) is 0 Å². The van der Waals surface area contributed by atoms with Gasteiger partial charge in [0, 0.05) is 18.8 Å². The second-order valence-corrected chi connectivity index (χ2v) is 6.44. The molecule has 0 unspecified atom stereocenters. The Hall–Kier alpha value is -3.14. The van der Waals surface area contributed by atoms with E-state index in [4.69, 9.17) is 0 Å². The number of carbonyl (C=O) groups excluding carboxylic acids is 1. The van der Waals surface area contributed by atoms with Gasteiger partial charge in [0.2, 0.25) is 11.9 Å². The van der Waals surface area contributed by atoms with Crippen LogP contribution in [-0.2, 0) is 17.5 Å². The van der Waals surface area contributed by atoms with Crippen molar-refractivity contribution >= 4 is 23.2 Å². The summed E-state index contributed by atoms with van der Waals surface area (Å²) in [5.74, 6) is 0.251. The summed E-state index contributed by atoms with van der Waals surface area (Å²) in [4.78, 5) is 16.0. The molecule has 3 aromatic rings. The molecule has 1 aromatic carbocycles. The Bertz CT molecular complexity index is 999. The fourth-order valence-electron chi connectivity index (χ4n) is 3.03. The number of aromatic nitrogens is 3. The lowest BCUT2D eigenvalue weighted by Crippen LogP contribution is -2.36. The minimum atomic E-state index is -4.38. The molecule has 0 radical (unpaired) electrons. The maximum atomic E-state index is 12.7. The number of rotatable bonds is 5. The highest BCUT2D eigenvalue weighted by atomic mass is 19.4. The van der Waals surface area contributed by atoms with E-state index in [-0.39, 0.29) is 17.9 Å². The van der Waals surface area contributed by atoms with Crippen molar-refractivity contribution < 1.29 is 18.0 Å². The predicted molar refractivity (Wildman–Crippen MR) is 96.0 cm³/mol. The van der Waals surface area contributed by atoms with E-state index in [9.17, 15) is 18.0 Å². The largest absolute Gasteiger partial charge is 0.416 e. The Morgan fingerprint density at radius 1 is 1.18 bits per heavy atom. The van der Waals surface area contributed by atoms with Crippen LogP contribution in [0.15, 0.2) is 42.5 Å². The molecule has 2 aromatic heterocycles. The van der Waals surface area contributed by atoms with Crippen molar-refractivity contribution in [3.05, 3.63) is 53.7 Å². The molecule has 146 valence electrons. The summed E-state index contributed by atoms with van der Waals surface area (Å²) in [7, 11) is 0. The zero-order chi connectivity index (χ0) is 19.7. The van der Waals surface area contributed by atoms with Gasteiger partial charge >= 0.3 is 6.18 Å². The second kappa shape index (κ2) is 7.12. The summed E-state index contributed by atoms with van der Waals surface area (Å²) in [6.07, 6.45) is -3.65. The number of amides is 1. The summed E-state index contributed by atoms with van der Waals surface area (Å²) in [6, 6.07) is 9.90. The maximum absolute atomic E-state index is 12.7. The van der Waals surface area contributed by atoms with E-state index in [1.807, 2.05) is 12.1 Å². The van der Waals surface area contributed by atoms with Crippen LogP contribution in [0, 0.1) is 0 Å². The fraction of sp³-hybridized carbons (Fsp3) is 0.278. The zero-order valence-electron chi connectivity index (χ0n) is 14.6. The highest BCUT2D eigenvalue weighted by Gasteiger charge is 2.30. The van der Waals surface area contributed by atoms with Gasteiger partial charge in [-0.05, 0) is 42.8 Å². The van der Waals surface area contributed by atoms with Crippen molar-refractivity contribution in [2.24, 2.45) is 0 Å². The Morgan fingerprint density at radius 2 is 1.96 bits per heavy atom. The molecule has 0 saturated carbocycles. The molecule has 0 spiro atoms. The number of carbonyl (C=O) groups is 1. The van der Waals surface area contributed by atoms with Gasteiger partial charge < -0.3 is 16.0 Å². The number of anilines is 2. The van der Waals surface area contributed by atoms with Crippen molar-refractivity contribution in [3.63, 3.8) is 0 Å². The summed E-state index contributed by atoms with van der Waals surface area (Å²) < 4.78 is 39.6. The van der Waals surface area contributed by atoms with Gasteiger partial charge in [0.05, 0.1) is 17.3 Å². The number of halogens is 3. The van der Waals surface area contributed by atoms with Crippen LogP contribution in [0.3, 0.4) is 0 Å². The van der Waals surface area contributed by atoms with Crippen LogP contribution in [0.4, 0.5) is 24.8 Å². The molecule has 4 rings (SSSR count). The highest BCUT2D eigenvalue weighted by Crippen LogP contribution is 2.30. The first-order valence-electron chi connectivity index (χ1n) is 8.70. The van der Waals surface area contributed by atoms with E-state index in [1.165, 1.54) is 12.1 Å². The number of nitrogens with one attached hydrogen (secondary N) is 3. The Kier molecular flexibility index (Phi) is 4.63. The third kappa shape index (κ3) is 3.77. The van der Waals surface area contributed by atoms with Gasteiger partial charge in [-0.2, -0.15) is 18.2 Å². The molecule has 1 saturated heterocycles. The van der Waals surface area contributed by atoms with Gasteiger partial charge in [0.1, 0.15) is 0 Å². The molecule has 3 heterocycles. The summed E-state index contributed by atoms with van der Waals surface area (Å²) in [6.45, 7) is 1.09. The van der Waals surface area contributed by atoms with Crippen molar-refractivity contribution in [2.45, 2.75) is 25.2 Å². The van der Waals surface area contributed by atoms with E-state index < -0.39 is 11.7 Å². The maximum Gasteiger partial charge on any atom is 0.416 e. The number of alkyl halides is 3. The Labute approximate surface area is 158 Å². The lowest BCUT2D eigenvalue weighted by molar-refractivity contribution is -0.137.